The average Bonchev–Trinajstić information content (AvgIpc) is 2.37. The van der Waals surface area contributed by atoms with Crippen molar-refractivity contribution in [1.29, 1.82) is 0 Å². The first-order chi connectivity index (χ1) is 9.51. The summed E-state index contributed by atoms with van der Waals surface area (Å²) in [4.78, 5) is 25.0. The van der Waals surface area contributed by atoms with Crippen LogP contribution in [0.25, 0.3) is 0 Å². The van der Waals surface area contributed by atoms with Crippen LogP contribution in [0.15, 0.2) is 28.7 Å². The van der Waals surface area contributed by atoms with Gasteiger partial charge >= 0.3 is 0 Å². The van der Waals surface area contributed by atoms with Crippen molar-refractivity contribution in [1.82, 2.24) is 10.2 Å². The van der Waals surface area contributed by atoms with Gasteiger partial charge in [0.25, 0.3) is 0 Å². The molecule has 0 aliphatic carbocycles. The Morgan fingerprint density at radius 3 is 2.55 bits per heavy atom. The van der Waals surface area contributed by atoms with E-state index in [0.29, 0.717) is 0 Å². The van der Waals surface area contributed by atoms with E-state index in [1.165, 1.54) is 0 Å². The summed E-state index contributed by atoms with van der Waals surface area (Å²) < 4.78 is 0.955. The maximum absolute atomic E-state index is 11.6. The number of nitrogens with one attached hydrogen (secondary N) is 1. The Labute approximate surface area is 126 Å². The van der Waals surface area contributed by atoms with Crippen molar-refractivity contribution >= 4 is 27.7 Å². The van der Waals surface area contributed by atoms with Gasteiger partial charge in [0.05, 0.1) is 19.1 Å². The van der Waals surface area contributed by atoms with Crippen LogP contribution in [0.4, 0.5) is 0 Å². The summed E-state index contributed by atoms with van der Waals surface area (Å²) in [5.74, 6) is -0.547. The summed E-state index contributed by atoms with van der Waals surface area (Å²) in [7, 11) is 0. The van der Waals surface area contributed by atoms with Crippen molar-refractivity contribution in [2.24, 2.45) is 5.73 Å². The molecule has 1 aliphatic heterocycles. The normalized spacial score (nSPS) is 19.6. The standard InChI is InChI=1S/C14H18BrN3O2/c1-2-11(16)14(9-4-3-5-10(15)6-9)18-7-12(19)17-13(20)8-18/h3-6,11,14H,2,7-8,16H2,1H3,(H,17,19,20). The highest BCUT2D eigenvalue weighted by molar-refractivity contribution is 9.10. The molecule has 2 atom stereocenters. The van der Waals surface area contributed by atoms with Gasteiger partial charge in [0.15, 0.2) is 0 Å². The number of benzene rings is 1. The van der Waals surface area contributed by atoms with Crippen molar-refractivity contribution in [2.45, 2.75) is 25.4 Å². The van der Waals surface area contributed by atoms with E-state index in [1.807, 2.05) is 36.1 Å². The third-order valence-electron chi connectivity index (χ3n) is 3.43. The number of rotatable bonds is 4. The van der Waals surface area contributed by atoms with Gasteiger partial charge in [0, 0.05) is 10.5 Å². The fraction of sp³-hybridized carbons (Fsp3) is 0.429. The van der Waals surface area contributed by atoms with Gasteiger partial charge in [-0.1, -0.05) is 35.0 Å². The lowest BCUT2D eigenvalue weighted by Crippen LogP contribution is -2.55. The molecule has 1 aromatic rings. The lowest BCUT2D eigenvalue weighted by Gasteiger charge is -2.36. The molecule has 1 aliphatic rings. The van der Waals surface area contributed by atoms with E-state index in [4.69, 9.17) is 5.73 Å². The zero-order valence-corrected chi connectivity index (χ0v) is 12.9. The number of hydrogen-bond acceptors (Lipinski definition) is 4. The predicted octanol–water partition coefficient (Wildman–Crippen LogP) is 1.19. The molecule has 1 aromatic carbocycles. The highest BCUT2D eigenvalue weighted by Gasteiger charge is 2.32. The minimum absolute atomic E-state index is 0.136. The van der Waals surface area contributed by atoms with Gasteiger partial charge in [0.1, 0.15) is 0 Å². The lowest BCUT2D eigenvalue weighted by molar-refractivity contribution is -0.137. The number of nitrogens with zero attached hydrogens (tertiary/aromatic N) is 1. The Morgan fingerprint density at radius 1 is 1.35 bits per heavy atom. The molecule has 3 N–H and O–H groups in total. The van der Waals surface area contributed by atoms with Gasteiger partial charge in [-0.2, -0.15) is 0 Å². The average molecular weight is 340 g/mol. The Morgan fingerprint density at radius 2 is 2.00 bits per heavy atom. The summed E-state index contributed by atoms with van der Waals surface area (Å²) in [5.41, 5.74) is 7.23. The van der Waals surface area contributed by atoms with Gasteiger partial charge in [0.2, 0.25) is 11.8 Å². The maximum atomic E-state index is 11.6. The molecule has 0 spiro atoms. The maximum Gasteiger partial charge on any atom is 0.240 e. The van der Waals surface area contributed by atoms with E-state index in [2.05, 4.69) is 21.2 Å². The molecule has 2 rings (SSSR count). The second kappa shape index (κ2) is 6.47. The summed E-state index contributed by atoms with van der Waals surface area (Å²) in [5, 5.41) is 2.31. The van der Waals surface area contributed by atoms with Crippen LogP contribution in [-0.2, 0) is 9.59 Å². The first-order valence-electron chi connectivity index (χ1n) is 6.59. The van der Waals surface area contributed by atoms with Gasteiger partial charge in [-0.25, -0.2) is 0 Å². The highest BCUT2D eigenvalue weighted by Crippen LogP contribution is 2.27. The summed E-state index contributed by atoms with van der Waals surface area (Å²) >= 11 is 3.44. The number of hydrogen-bond donors (Lipinski definition) is 2. The van der Waals surface area contributed by atoms with E-state index < -0.39 is 0 Å². The van der Waals surface area contributed by atoms with Gasteiger partial charge < -0.3 is 5.73 Å². The number of amides is 2. The number of nitrogens with two attached hydrogens (primary N) is 1. The van der Waals surface area contributed by atoms with Crippen molar-refractivity contribution in [2.75, 3.05) is 13.1 Å². The largest absolute Gasteiger partial charge is 0.326 e. The molecule has 5 nitrogen and oxygen atoms in total. The van der Waals surface area contributed by atoms with Gasteiger partial charge in [-0.05, 0) is 24.1 Å². The molecule has 2 amide bonds. The minimum atomic E-state index is -0.274. The number of carbonyl (C=O) groups is 2. The van der Waals surface area contributed by atoms with Gasteiger partial charge in [-0.3, -0.25) is 19.8 Å². The van der Waals surface area contributed by atoms with Crippen LogP contribution in [-0.4, -0.2) is 35.8 Å². The van der Waals surface area contributed by atoms with E-state index >= 15 is 0 Å². The number of piperazine rings is 1. The summed E-state index contributed by atoms with van der Waals surface area (Å²) in [6.07, 6.45) is 0.767. The van der Waals surface area contributed by atoms with Crippen LogP contribution in [0.3, 0.4) is 0 Å². The smallest absolute Gasteiger partial charge is 0.240 e. The Bertz CT molecular complexity index is 505. The number of imide groups is 1. The molecule has 1 heterocycles. The van der Waals surface area contributed by atoms with Crippen LogP contribution in [0.2, 0.25) is 0 Å². The zero-order valence-electron chi connectivity index (χ0n) is 11.3. The first-order valence-corrected chi connectivity index (χ1v) is 7.38. The molecule has 1 saturated heterocycles. The second-order valence-electron chi connectivity index (χ2n) is 4.95. The number of halogens is 1. The second-order valence-corrected chi connectivity index (χ2v) is 5.86. The topological polar surface area (TPSA) is 75.4 Å². The molecule has 108 valence electrons. The van der Waals surface area contributed by atoms with Crippen LogP contribution in [0, 0.1) is 0 Å². The lowest BCUT2D eigenvalue weighted by atomic mass is 9.95. The summed E-state index contributed by atoms with van der Waals surface area (Å²) in [6, 6.07) is 7.54. The molecular weight excluding hydrogens is 322 g/mol. The molecule has 1 fully saturated rings. The molecule has 0 bridgehead atoms. The number of carbonyl (C=O) groups excluding carboxylic acids is 2. The summed E-state index contributed by atoms with van der Waals surface area (Å²) in [6.45, 7) is 2.38. The fourth-order valence-corrected chi connectivity index (χ4v) is 2.92. The van der Waals surface area contributed by atoms with Crippen LogP contribution in [0.1, 0.15) is 24.9 Å². The van der Waals surface area contributed by atoms with Crippen molar-refractivity contribution < 1.29 is 9.59 Å². The van der Waals surface area contributed by atoms with E-state index in [0.717, 1.165) is 16.5 Å². The fourth-order valence-electron chi connectivity index (χ4n) is 2.50. The third-order valence-corrected chi connectivity index (χ3v) is 3.93. The van der Waals surface area contributed by atoms with Crippen molar-refractivity contribution in [3.05, 3.63) is 34.3 Å². The Balaban J connectivity index is 2.32. The first kappa shape index (κ1) is 15.2. The Kier molecular flexibility index (Phi) is 4.91. The zero-order chi connectivity index (χ0) is 14.7. The molecular formula is C14H18BrN3O2. The monoisotopic (exact) mass is 339 g/mol. The van der Waals surface area contributed by atoms with Gasteiger partial charge in [-0.15, -0.1) is 0 Å². The van der Waals surface area contributed by atoms with Crippen LogP contribution >= 0.6 is 15.9 Å². The highest BCUT2D eigenvalue weighted by atomic mass is 79.9. The van der Waals surface area contributed by atoms with Crippen LogP contribution in [0.5, 0.6) is 0 Å². The van der Waals surface area contributed by atoms with E-state index in [9.17, 15) is 9.59 Å². The molecule has 0 aromatic heterocycles. The Hall–Kier alpha value is -1.24. The quantitative estimate of drug-likeness (QED) is 0.808. The minimum Gasteiger partial charge on any atom is -0.326 e. The van der Waals surface area contributed by atoms with E-state index in [1.54, 1.807) is 0 Å². The van der Waals surface area contributed by atoms with Crippen LogP contribution < -0.4 is 11.1 Å². The SMILES string of the molecule is CCC(N)C(c1cccc(Br)c1)N1CC(=O)NC(=O)C1. The van der Waals surface area contributed by atoms with Crippen molar-refractivity contribution in [3.63, 3.8) is 0 Å². The third kappa shape index (κ3) is 3.45. The molecule has 0 radical (unpaired) electrons. The predicted molar refractivity (Wildman–Crippen MR) is 79.9 cm³/mol. The molecule has 6 heteroatoms. The molecule has 2 unspecified atom stereocenters. The molecule has 20 heavy (non-hydrogen) atoms. The van der Waals surface area contributed by atoms with E-state index in [-0.39, 0.29) is 37.0 Å². The van der Waals surface area contributed by atoms with Crippen molar-refractivity contribution in [3.8, 4) is 0 Å². The molecule has 0 saturated carbocycles.